The molecule has 344 valence electrons. The van der Waals surface area contributed by atoms with Crippen molar-refractivity contribution in [3.8, 4) is 0 Å². The van der Waals surface area contributed by atoms with Crippen molar-refractivity contribution in [3.05, 3.63) is 35.9 Å². The molecule has 1 aromatic rings. The van der Waals surface area contributed by atoms with E-state index in [1.807, 2.05) is 6.92 Å². The molecular formula is C48H94O8P2. The van der Waals surface area contributed by atoms with Crippen molar-refractivity contribution in [1.29, 1.82) is 0 Å². The summed E-state index contributed by atoms with van der Waals surface area (Å²) in [6.45, 7) is 11.2. The van der Waals surface area contributed by atoms with E-state index in [1.54, 1.807) is 0 Å². The predicted molar refractivity (Wildman–Crippen MR) is 249 cm³/mol. The van der Waals surface area contributed by atoms with Gasteiger partial charge in [0.15, 0.2) is 0 Å². The monoisotopic (exact) mass is 861 g/mol. The molecule has 0 bridgehead atoms. The molecule has 0 aliphatic carbocycles. The topological polar surface area (TPSA) is 140 Å². The zero-order valence-corrected chi connectivity index (χ0v) is 40.1. The van der Waals surface area contributed by atoms with Gasteiger partial charge in [-0.05, 0) is 38.2 Å². The van der Waals surface area contributed by atoms with Crippen molar-refractivity contribution in [2.75, 3.05) is 6.61 Å². The van der Waals surface area contributed by atoms with Crippen LogP contribution in [0.3, 0.4) is 0 Å². The van der Waals surface area contributed by atoms with Crippen LogP contribution in [0.1, 0.15) is 246 Å². The Morgan fingerprint density at radius 2 is 0.845 bits per heavy atom. The highest BCUT2D eigenvalue weighted by Gasteiger charge is 2.55. The Bertz CT molecular complexity index is 964. The number of hydrogen-bond donors (Lipinski definition) is 6. The molecule has 0 aliphatic heterocycles. The van der Waals surface area contributed by atoms with Crippen LogP contribution in [0.2, 0.25) is 0 Å². The van der Waals surface area contributed by atoms with Crippen molar-refractivity contribution in [2.45, 2.75) is 263 Å². The largest absolute Gasteiger partial charge is 0.394 e. The van der Waals surface area contributed by atoms with Crippen LogP contribution in [0.5, 0.6) is 0 Å². The van der Waals surface area contributed by atoms with Gasteiger partial charge in [-0.15, -0.1) is 0 Å². The average Bonchev–Trinajstić information content (AvgIpc) is 3.21. The molecule has 0 saturated carbocycles. The molecule has 0 radical (unpaired) electrons. The second kappa shape index (κ2) is 39.6. The fourth-order valence-electron chi connectivity index (χ4n) is 8.78. The van der Waals surface area contributed by atoms with E-state index in [9.17, 15) is 10.2 Å². The van der Waals surface area contributed by atoms with Gasteiger partial charge in [0.2, 0.25) is 0 Å². The standard InChI is InChI=1S/C48H90O3.H4O5P2/c1-6-10-14-18-22-26-33-39-46(51-44(5)43-49)48(50,42-36-29-25-21-17-13-9-4)47(45-37-31-30-32-38-45,40-34-27-23-19-15-11-7-2)41-35-28-24-20-16-12-8-3;1-6(2)5-7(3)4/h30-32,37-38,44,46,49-50H,6-29,33-36,39-43H2,1-5H3;1-4H. The van der Waals surface area contributed by atoms with Crippen LogP contribution >= 0.6 is 17.2 Å². The van der Waals surface area contributed by atoms with E-state index in [0.29, 0.717) is 0 Å². The molecule has 1 aromatic carbocycles. The molecule has 0 fully saturated rings. The van der Waals surface area contributed by atoms with Crippen molar-refractivity contribution in [2.24, 2.45) is 0 Å². The lowest BCUT2D eigenvalue weighted by Gasteiger charge is -2.53. The molecule has 10 heteroatoms. The molecule has 0 heterocycles. The lowest BCUT2D eigenvalue weighted by Crippen LogP contribution is -2.60. The summed E-state index contributed by atoms with van der Waals surface area (Å²) in [4.78, 5) is 31.3. The molecule has 3 unspecified atom stereocenters. The molecule has 1 rings (SSSR count). The summed E-state index contributed by atoms with van der Waals surface area (Å²) < 4.78 is 10.5. The van der Waals surface area contributed by atoms with Gasteiger partial charge in [-0.2, -0.15) is 0 Å². The van der Waals surface area contributed by atoms with Crippen molar-refractivity contribution >= 4 is 17.2 Å². The lowest BCUT2D eigenvalue weighted by molar-refractivity contribution is -0.185. The maximum absolute atomic E-state index is 13.8. The number of aliphatic hydroxyl groups excluding tert-OH is 1. The zero-order chi connectivity index (χ0) is 43.2. The van der Waals surface area contributed by atoms with Crippen LogP contribution < -0.4 is 0 Å². The van der Waals surface area contributed by atoms with Crippen LogP contribution in [0.4, 0.5) is 0 Å². The third-order valence-corrected chi connectivity index (χ3v) is 13.3. The summed E-state index contributed by atoms with van der Waals surface area (Å²) in [7, 11) is -5.22. The Balaban J connectivity index is 0.00000422. The number of ether oxygens (including phenoxy) is 1. The molecule has 6 N–H and O–H groups in total. The van der Waals surface area contributed by atoms with Gasteiger partial charge in [-0.25, -0.2) is 4.31 Å². The molecule has 0 saturated heterocycles. The van der Waals surface area contributed by atoms with Crippen LogP contribution in [-0.4, -0.2) is 54.2 Å². The van der Waals surface area contributed by atoms with Crippen LogP contribution in [0, 0.1) is 0 Å². The van der Waals surface area contributed by atoms with Crippen LogP contribution in [0.15, 0.2) is 30.3 Å². The van der Waals surface area contributed by atoms with Crippen molar-refractivity contribution in [3.63, 3.8) is 0 Å². The van der Waals surface area contributed by atoms with Crippen LogP contribution in [-0.2, 0) is 14.5 Å². The first-order valence-electron chi connectivity index (χ1n) is 24.2. The molecule has 8 nitrogen and oxygen atoms in total. The molecular weight excluding hydrogens is 766 g/mol. The maximum atomic E-state index is 13.8. The minimum atomic E-state index is -2.61. The molecule has 0 spiro atoms. The summed E-state index contributed by atoms with van der Waals surface area (Å²) >= 11 is 0. The van der Waals surface area contributed by atoms with Gasteiger partial charge >= 0.3 is 17.2 Å². The summed E-state index contributed by atoms with van der Waals surface area (Å²) in [5, 5.41) is 24.1. The second-order valence-corrected chi connectivity index (χ2v) is 18.8. The molecule has 3 atom stereocenters. The van der Waals surface area contributed by atoms with Crippen LogP contribution in [0.25, 0.3) is 0 Å². The summed E-state index contributed by atoms with van der Waals surface area (Å²) in [5.41, 5.74) is -0.0461. The van der Waals surface area contributed by atoms with Gasteiger partial charge in [-0.1, -0.05) is 238 Å². The van der Waals surface area contributed by atoms with Gasteiger partial charge in [-0.3, -0.25) is 0 Å². The van der Waals surface area contributed by atoms with E-state index in [-0.39, 0.29) is 24.2 Å². The van der Waals surface area contributed by atoms with Crippen molar-refractivity contribution in [1.82, 2.24) is 0 Å². The summed E-state index contributed by atoms with van der Waals surface area (Å²) in [6, 6.07) is 11.2. The second-order valence-electron chi connectivity index (χ2n) is 17.1. The smallest absolute Gasteiger partial charge is 0.334 e. The fraction of sp³-hybridized carbons (Fsp3) is 0.875. The minimum absolute atomic E-state index is 0.00508. The zero-order valence-electron chi connectivity index (χ0n) is 38.3. The quantitative estimate of drug-likeness (QED) is 0.0283. The van der Waals surface area contributed by atoms with Gasteiger partial charge < -0.3 is 34.5 Å². The van der Waals surface area contributed by atoms with Gasteiger partial charge in [0.25, 0.3) is 0 Å². The molecule has 0 aromatic heterocycles. The first kappa shape index (κ1) is 57.8. The lowest BCUT2D eigenvalue weighted by atomic mass is 9.57. The Kier molecular flexibility index (Phi) is 39.4. The van der Waals surface area contributed by atoms with Gasteiger partial charge in [0.05, 0.1) is 18.8 Å². The minimum Gasteiger partial charge on any atom is -0.394 e. The third kappa shape index (κ3) is 27.7. The number of unbranched alkanes of at least 4 members (excludes halogenated alkanes) is 24. The van der Waals surface area contributed by atoms with Gasteiger partial charge in [0.1, 0.15) is 5.60 Å². The Hall–Kier alpha value is -0.240. The molecule has 0 aliphatic rings. The Morgan fingerprint density at radius 1 is 0.500 bits per heavy atom. The first-order valence-corrected chi connectivity index (χ1v) is 26.5. The number of benzene rings is 1. The predicted octanol–water partition coefficient (Wildman–Crippen LogP) is 14.4. The first-order chi connectivity index (χ1) is 28.1. The number of aliphatic hydroxyl groups is 2. The van der Waals surface area contributed by atoms with E-state index in [0.717, 1.165) is 51.4 Å². The highest BCUT2D eigenvalue weighted by atomic mass is 31.2. The van der Waals surface area contributed by atoms with Gasteiger partial charge in [0, 0.05) is 5.41 Å². The number of hydrogen-bond acceptors (Lipinski definition) is 8. The normalized spacial score (nSPS) is 14.1. The third-order valence-electron chi connectivity index (χ3n) is 12.1. The van der Waals surface area contributed by atoms with E-state index < -0.39 is 22.8 Å². The summed E-state index contributed by atoms with van der Waals surface area (Å²) in [5.74, 6) is 0. The van der Waals surface area contributed by atoms with E-state index >= 15 is 0 Å². The summed E-state index contributed by atoms with van der Waals surface area (Å²) in [6.07, 6.45) is 38.5. The number of rotatable bonds is 40. The molecule has 0 amide bonds. The van der Waals surface area contributed by atoms with E-state index in [4.69, 9.17) is 24.3 Å². The highest BCUT2D eigenvalue weighted by Crippen LogP contribution is 2.51. The maximum Gasteiger partial charge on any atom is 0.334 e. The average molecular weight is 861 g/mol. The Morgan fingerprint density at radius 3 is 1.19 bits per heavy atom. The Labute approximate surface area is 360 Å². The van der Waals surface area contributed by atoms with E-state index in [1.165, 1.54) is 160 Å². The SMILES string of the molecule is CCCCCCCCCC(OC(C)CO)C(O)(CCCCCCCCC)C(CCCCCCCCC)(CCCCCCCCC)c1ccccc1.OP(O)OP(O)O. The highest BCUT2D eigenvalue weighted by molar-refractivity contribution is 7.53. The molecule has 58 heavy (non-hydrogen) atoms. The van der Waals surface area contributed by atoms with Crippen molar-refractivity contribution < 1.29 is 38.8 Å². The van der Waals surface area contributed by atoms with E-state index in [2.05, 4.69) is 62.3 Å². The fourth-order valence-corrected chi connectivity index (χ4v) is 9.30.